The van der Waals surface area contributed by atoms with E-state index in [0.717, 1.165) is 19.4 Å². The smallest absolute Gasteiger partial charge is 0.356 e. The standard InChI is InChI=1S/C12H17N3O3/c16-8-2-7-15(9-3-1-4-9)11-6-5-10(12(17)18)13-14-11/h5-6,9,16H,1-4,7-8H2,(H,17,18). The molecule has 0 amide bonds. The number of hydrogen-bond acceptors (Lipinski definition) is 5. The third-order valence-corrected chi connectivity index (χ3v) is 3.24. The van der Waals surface area contributed by atoms with E-state index in [4.69, 9.17) is 10.2 Å². The van der Waals surface area contributed by atoms with Crippen molar-refractivity contribution in [1.82, 2.24) is 10.2 Å². The fourth-order valence-corrected chi connectivity index (χ4v) is 2.02. The maximum Gasteiger partial charge on any atom is 0.356 e. The number of nitrogens with zero attached hydrogens (tertiary/aromatic N) is 3. The molecule has 0 saturated heterocycles. The Bertz CT molecular complexity index is 404. The highest BCUT2D eigenvalue weighted by Gasteiger charge is 2.26. The minimum atomic E-state index is -1.07. The summed E-state index contributed by atoms with van der Waals surface area (Å²) >= 11 is 0. The van der Waals surface area contributed by atoms with Crippen LogP contribution < -0.4 is 4.90 Å². The van der Waals surface area contributed by atoms with Crippen molar-refractivity contribution < 1.29 is 15.0 Å². The molecule has 0 bridgehead atoms. The van der Waals surface area contributed by atoms with E-state index >= 15 is 0 Å². The van der Waals surface area contributed by atoms with Gasteiger partial charge in [0.05, 0.1) is 0 Å². The van der Waals surface area contributed by atoms with E-state index in [1.807, 2.05) is 0 Å². The topological polar surface area (TPSA) is 86.5 Å². The number of aliphatic hydroxyl groups is 1. The zero-order valence-corrected chi connectivity index (χ0v) is 10.1. The molecule has 0 spiro atoms. The Hall–Kier alpha value is -1.69. The Morgan fingerprint density at radius 1 is 1.39 bits per heavy atom. The van der Waals surface area contributed by atoms with Gasteiger partial charge in [-0.15, -0.1) is 10.2 Å². The van der Waals surface area contributed by atoms with Crippen LogP contribution in [0.25, 0.3) is 0 Å². The van der Waals surface area contributed by atoms with Gasteiger partial charge in [-0.05, 0) is 37.8 Å². The van der Waals surface area contributed by atoms with Crippen LogP contribution in [0.5, 0.6) is 0 Å². The Kier molecular flexibility index (Phi) is 4.09. The van der Waals surface area contributed by atoms with Crippen LogP contribution in [0.3, 0.4) is 0 Å². The average molecular weight is 251 g/mol. The van der Waals surface area contributed by atoms with Gasteiger partial charge >= 0.3 is 5.97 Å². The van der Waals surface area contributed by atoms with Gasteiger partial charge in [0, 0.05) is 19.2 Å². The predicted molar refractivity (Wildman–Crippen MR) is 65.7 cm³/mol. The van der Waals surface area contributed by atoms with Crippen LogP contribution in [-0.2, 0) is 0 Å². The monoisotopic (exact) mass is 251 g/mol. The van der Waals surface area contributed by atoms with E-state index in [2.05, 4.69) is 15.1 Å². The lowest BCUT2D eigenvalue weighted by Gasteiger charge is -2.38. The number of hydrogen-bond donors (Lipinski definition) is 2. The SMILES string of the molecule is O=C(O)c1ccc(N(CCCO)C2CCC2)nn1. The number of carbonyl (C=O) groups is 1. The third kappa shape index (κ3) is 2.76. The number of anilines is 1. The lowest BCUT2D eigenvalue weighted by Crippen LogP contribution is -2.41. The first-order chi connectivity index (χ1) is 8.72. The molecule has 0 aromatic carbocycles. The number of rotatable bonds is 6. The summed E-state index contributed by atoms with van der Waals surface area (Å²) < 4.78 is 0. The van der Waals surface area contributed by atoms with Gasteiger partial charge in [-0.2, -0.15) is 0 Å². The van der Waals surface area contributed by atoms with Gasteiger partial charge in [-0.3, -0.25) is 0 Å². The molecule has 1 aromatic heterocycles. The zero-order chi connectivity index (χ0) is 13.0. The summed E-state index contributed by atoms with van der Waals surface area (Å²) in [5.74, 6) is -0.377. The average Bonchev–Trinajstić information content (AvgIpc) is 2.32. The highest BCUT2D eigenvalue weighted by atomic mass is 16.4. The number of carboxylic acid groups (broad SMARTS) is 1. The molecule has 0 atom stereocenters. The summed E-state index contributed by atoms with van der Waals surface area (Å²) in [6, 6.07) is 3.60. The van der Waals surface area contributed by atoms with E-state index in [0.29, 0.717) is 18.3 Å². The normalized spacial score (nSPS) is 15.2. The second-order valence-electron chi connectivity index (χ2n) is 4.44. The van der Waals surface area contributed by atoms with Crippen LogP contribution in [0.2, 0.25) is 0 Å². The maximum absolute atomic E-state index is 10.7. The molecule has 2 N–H and O–H groups in total. The molecule has 0 unspecified atom stereocenters. The first-order valence-electron chi connectivity index (χ1n) is 6.17. The molecule has 0 aliphatic heterocycles. The van der Waals surface area contributed by atoms with Gasteiger partial charge in [0.25, 0.3) is 0 Å². The first kappa shape index (κ1) is 12.8. The molecule has 1 aliphatic carbocycles. The van der Waals surface area contributed by atoms with Crippen LogP contribution in [-0.4, -0.2) is 45.6 Å². The zero-order valence-electron chi connectivity index (χ0n) is 10.1. The lowest BCUT2D eigenvalue weighted by molar-refractivity contribution is 0.0689. The molecule has 18 heavy (non-hydrogen) atoms. The number of aromatic carboxylic acids is 1. The molecule has 1 fully saturated rings. The lowest BCUT2D eigenvalue weighted by atomic mass is 9.91. The second kappa shape index (κ2) is 5.77. The van der Waals surface area contributed by atoms with Crippen molar-refractivity contribution in [3.63, 3.8) is 0 Å². The van der Waals surface area contributed by atoms with E-state index in [-0.39, 0.29) is 12.3 Å². The molecule has 1 aromatic rings. The van der Waals surface area contributed by atoms with Crippen LogP contribution in [0.15, 0.2) is 12.1 Å². The summed E-state index contributed by atoms with van der Waals surface area (Å²) in [7, 11) is 0. The summed E-state index contributed by atoms with van der Waals surface area (Å²) in [6.45, 7) is 0.867. The second-order valence-corrected chi connectivity index (χ2v) is 4.44. The van der Waals surface area contributed by atoms with Crippen molar-refractivity contribution >= 4 is 11.8 Å². The molecule has 2 rings (SSSR count). The molecule has 0 radical (unpaired) electrons. The molecule has 1 saturated carbocycles. The van der Waals surface area contributed by atoms with Crippen molar-refractivity contribution in [2.75, 3.05) is 18.1 Å². The van der Waals surface area contributed by atoms with E-state index < -0.39 is 5.97 Å². The fraction of sp³-hybridized carbons (Fsp3) is 0.583. The van der Waals surface area contributed by atoms with Gasteiger partial charge in [-0.1, -0.05) is 0 Å². The molecule has 6 heteroatoms. The number of aliphatic hydroxyl groups excluding tert-OH is 1. The highest BCUT2D eigenvalue weighted by molar-refractivity contribution is 5.85. The van der Waals surface area contributed by atoms with E-state index in [1.165, 1.54) is 12.5 Å². The van der Waals surface area contributed by atoms with Gasteiger partial charge in [0.15, 0.2) is 11.5 Å². The van der Waals surface area contributed by atoms with E-state index in [9.17, 15) is 4.79 Å². The minimum Gasteiger partial charge on any atom is -0.476 e. The van der Waals surface area contributed by atoms with Gasteiger partial charge < -0.3 is 15.1 Å². The van der Waals surface area contributed by atoms with Gasteiger partial charge in [0.2, 0.25) is 0 Å². The third-order valence-electron chi connectivity index (χ3n) is 3.24. The minimum absolute atomic E-state index is 0.0468. The van der Waals surface area contributed by atoms with Crippen LogP contribution in [0.1, 0.15) is 36.2 Å². The highest BCUT2D eigenvalue weighted by Crippen LogP contribution is 2.28. The van der Waals surface area contributed by atoms with Gasteiger partial charge in [-0.25, -0.2) is 4.79 Å². The summed E-state index contributed by atoms with van der Waals surface area (Å²) in [6.07, 6.45) is 4.13. The van der Waals surface area contributed by atoms with Gasteiger partial charge in [0.1, 0.15) is 0 Å². The summed E-state index contributed by atoms with van der Waals surface area (Å²) in [5, 5.41) is 25.3. The van der Waals surface area contributed by atoms with E-state index in [1.54, 1.807) is 6.07 Å². The molecule has 6 nitrogen and oxygen atoms in total. The molecular formula is C12H17N3O3. The Morgan fingerprint density at radius 2 is 2.17 bits per heavy atom. The molecule has 98 valence electrons. The number of carboxylic acids is 1. The molecule has 1 aliphatic rings. The van der Waals surface area contributed by atoms with Crippen LogP contribution >= 0.6 is 0 Å². The number of aromatic nitrogens is 2. The Balaban J connectivity index is 2.11. The van der Waals surface area contributed by atoms with Crippen molar-refractivity contribution in [1.29, 1.82) is 0 Å². The molecular weight excluding hydrogens is 234 g/mol. The largest absolute Gasteiger partial charge is 0.476 e. The van der Waals surface area contributed by atoms with Crippen molar-refractivity contribution in [3.05, 3.63) is 17.8 Å². The predicted octanol–water partition coefficient (Wildman–Crippen LogP) is 0.916. The summed E-state index contributed by atoms with van der Waals surface area (Å²) in [4.78, 5) is 12.8. The molecule has 1 heterocycles. The fourth-order valence-electron chi connectivity index (χ4n) is 2.02. The first-order valence-corrected chi connectivity index (χ1v) is 6.17. The van der Waals surface area contributed by atoms with Crippen molar-refractivity contribution in [2.24, 2.45) is 0 Å². The van der Waals surface area contributed by atoms with Crippen LogP contribution in [0.4, 0.5) is 5.82 Å². The van der Waals surface area contributed by atoms with Crippen molar-refractivity contribution in [2.45, 2.75) is 31.7 Å². The Labute approximate surface area is 105 Å². The quantitative estimate of drug-likeness (QED) is 0.781. The van der Waals surface area contributed by atoms with Crippen molar-refractivity contribution in [3.8, 4) is 0 Å². The maximum atomic E-state index is 10.7. The van der Waals surface area contributed by atoms with Crippen LogP contribution in [0, 0.1) is 0 Å². The summed E-state index contributed by atoms with van der Waals surface area (Å²) in [5.41, 5.74) is -0.0468. The Morgan fingerprint density at radius 3 is 2.61 bits per heavy atom.